The summed E-state index contributed by atoms with van der Waals surface area (Å²) in [7, 11) is 0. The highest BCUT2D eigenvalue weighted by Crippen LogP contribution is 2.28. The molecule has 2 aromatic rings. The molecule has 3 rings (SSSR count). The van der Waals surface area contributed by atoms with Gasteiger partial charge in [-0.25, -0.2) is 0 Å². The third kappa shape index (κ3) is 4.68. The van der Waals surface area contributed by atoms with E-state index in [1.54, 1.807) is 0 Å². The van der Waals surface area contributed by atoms with E-state index in [-0.39, 0.29) is 12.0 Å². The number of carbonyl (C=O) groups excluding carboxylic acids is 1. The fourth-order valence-corrected chi connectivity index (χ4v) is 3.32. The van der Waals surface area contributed by atoms with Gasteiger partial charge in [0.2, 0.25) is 0 Å². The topological polar surface area (TPSA) is 29.5 Å². The molecular formula is C21H25NO2. The average Bonchev–Trinajstić information content (AvgIpc) is 2.67. The van der Waals surface area contributed by atoms with Crippen molar-refractivity contribution < 1.29 is 9.53 Å². The molecule has 3 nitrogen and oxygen atoms in total. The summed E-state index contributed by atoms with van der Waals surface area (Å²) < 4.78 is 5.51. The van der Waals surface area contributed by atoms with Gasteiger partial charge >= 0.3 is 5.97 Å². The summed E-state index contributed by atoms with van der Waals surface area (Å²) in [6.07, 6.45) is 4.12. The van der Waals surface area contributed by atoms with Crippen molar-refractivity contribution in [1.82, 2.24) is 4.90 Å². The van der Waals surface area contributed by atoms with Gasteiger partial charge in [-0.3, -0.25) is 9.69 Å². The quantitative estimate of drug-likeness (QED) is 0.740. The Morgan fingerprint density at radius 2 is 1.54 bits per heavy atom. The van der Waals surface area contributed by atoms with Crippen molar-refractivity contribution in [1.29, 1.82) is 0 Å². The number of hydrogen-bond acceptors (Lipinski definition) is 3. The van der Waals surface area contributed by atoms with Crippen molar-refractivity contribution in [3.63, 3.8) is 0 Å². The molecular weight excluding hydrogens is 298 g/mol. The maximum Gasteiger partial charge on any atom is 0.308 e. The Labute approximate surface area is 144 Å². The number of likely N-dealkylation sites (tertiary alicyclic amines) is 1. The van der Waals surface area contributed by atoms with Crippen molar-refractivity contribution in [2.75, 3.05) is 13.1 Å². The normalized spacial score (nSPS) is 16.5. The van der Waals surface area contributed by atoms with Crippen LogP contribution in [0.3, 0.4) is 0 Å². The van der Waals surface area contributed by atoms with Crippen molar-refractivity contribution in [3.8, 4) is 0 Å². The molecule has 1 aliphatic heterocycles. The Hall–Kier alpha value is -2.13. The third-order valence-electron chi connectivity index (χ3n) is 4.62. The lowest BCUT2D eigenvalue weighted by molar-refractivity contribution is -0.146. The second-order valence-electron chi connectivity index (χ2n) is 6.37. The second kappa shape index (κ2) is 8.65. The lowest BCUT2D eigenvalue weighted by atomic mass is 9.99. The lowest BCUT2D eigenvalue weighted by Crippen LogP contribution is -2.35. The molecule has 1 atom stereocenters. The zero-order chi connectivity index (χ0) is 16.6. The summed E-state index contributed by atoms with van der Waals surface area (Å²) in [5, 5.41) is 0. The minimum Gasteiger partial charge on any atom is -0.461 e. The Morgan fingerprint density at radius 3 is 2.21 bits per heavy atom. The molecule has 2 aromatic carbocycles. The molecule has 0 bridgehead atoms. The van der Waals surface area contributed by atoms with Gasteiger partial charge in [0.25, 0.3) is 0 Å². The van der Waals surface area contributed by atoms with Gasteiger partial charge in [0.05, 0.1) is 6.42 Å². The molecule has 0 N–H and O–H groups in total. The molecule has 0 spiro atoms. The van der Waals surface area contributed by atoms with Crippen molar-refractivity contribution in [3.05, 3.63) is 71.8 Å². The molecule has 3 heteroatoms. The van der Waals surface area contributed by atoms with Crippen molar-refractivity contribution in [2.24, 2.45) is 0 Å². The highest BCUT2D eigenvalue weighted by atomic mass is 16.5. The summed E-state index contributed by atoms with van der Waals surface area (Å²) in [4.78, 5) is 14.8. The Bertz CT molecular complexity index is 621. The predicted octanol–water partition coefficient (Wildman–Crippen LogP) is 4.35. The van der Waals surface area contributed by atoms with Crippen molar-refractivity contribution in [2.45, 2.75) is 38.3 Å². The van der Waals surface area contributed by atoms with Crippen LogP contribution in [0.4, 0.5) is 0 Å². The standard InChI is InChI=1S/C21H25NO2/c23-21(24-17-18-10-4-1-5-11-18)16-20(19-12-6-2-7-13-19)22-14-8-3-9-15-22/h1-2,4-7,10-13,20H,3,8-9,14-17H2/t20-/m0/s1. The van der Waals surface area contributed by atoms with Crippen LogP contribution < -0.4 is 0 Å². The number of benzene rings is 2. The minimum atomic E-state index is -0.127. The van der Waals surface area contributed by atoms with Crippen LogP contribution >= 0.6 is 0 Å². The van der Waals surface area contributed by atoms with Gasteiger partial charge in [0.15, 0.2) is 0 Å². The van der Waals surface area contributed by atoms with Crippen LogP contribution in [0.25, 0.3) is 0 Å². The summed E-state index contributed by atoms with van der Waals surface area (Å²) in [6.45, 7) is 2.47. The van der Waals surface area contributed by atoms with Gasteiger partial charge in [-0.05, 0) is 37.1 Å². The molecule has 0 aromatic heterocycles. The highest BCUT2D eigenvalue weighted by molar-refractivity contribution is 5.70. The highest BCUT2D eigenvalue weighted by Gasteiger charge is 2.25. The van der Waals surface area contributed by atoms with Gasteiger partial charge in [-0.15, -0.1) is 0 Å². The van der Waals surface area contributed by atoms with E-state index >= 15 is 0 Å². The van der Waals surface area contributed by atoms with Crippen LogP contribution in [0.2, 0.25) is 0 Å². The molecule has 126 valence electrons. The molecule has 0 saturated carbocycles. The van der Waals surface area contributed by atoms with Crippen LogP contribution in [-0.4, -0.2) is 24.0 Å². The van der Waals surface area contributed by atoms with E-state index in [1.807, 2.05) is 48.5 Å². The number of nitrogens with zero attached hydrogens (tertiary/aromatic N) is 1. The van der Waals surface area contributed by atoms with E-state index in [4.69, 9.17) is 4.74 Å². The zero-order valence-corrected chi connectivity index (χ0v) is 14.1. The first-order valence-corrected chi connectivity index (χ1v) is 8.81. The molecule has 1 aliphatic rings. The van der Waals surface area contributed by atoms with Crippen LogP contribution in [-0.2, 0) is 16.1 Å². The molecule has 0 radical (unpaired) electrons. The summed E-state index contributed by atoms with van der Waals surface area (Å²) in [5.41, 5.74) is 2.23. The molecule has 1 heterocycles. The smallest absolute Gasteiger partial charge is 0.308 e. The molecule has 0 aliphatic carbocycles. The number of ether oxygens (including phenoxy) is 1. The lowest BCUT2D eigenvalue weighted by Gasteiger charge is -2.34. The fourth-order valence-electron chi connectivity index (χ4n) is 3.32. The van der Waals surface area contributed by atoms with E-state index in [9.17, 15) is 4.79 Å². The SMILES string of the molecule is O=C(C[C@@H](c1ccccc1)N1CCCCC1)OCc1ccccc1. The number of rotatable bonds is 6. The Balaban J connectivity index is 1.63. The number of piperidine rings is 1. The average molecular weight is 323 g/mol. The second-order valence-corrected chi connectivity index (χ2v) is 6.37. The molecule has 1 fully saturated rings. The van der Waals surface area contributed by atoms with E-state index in [0.29, 0.717) is 13.0 Å². The van der Waals surface area contributed by atoms with Crippen LogP contribution in [0.1, 0.15) is 42.9 Å². The molecule has 0 unspecified atom stereocenters. The molecule has 0 amide bonds. The third-order valence-corrected chi connectivity index (χ3v) is 4.62. The van der Waals surface area contributed by atoms with Crippen LogP contribution in [0, 0.1) is 0 Å². The van der Waals surface area contributed by atoms with E-state index < -0.39 is 0 Å². The summed E-state index contributed by atoms with van der Waals surface area (Å²) in [5.74, 6) is -0.127. The minimum absolute atomic E-state index is 0.120. The molecule has 24 heavy (non-hydrogen) atoms. The largest absolute Gasteiger partial charge is 0.461 e. The number of hydrogen-bond donors (Lipinski definition) is 0. The van der Waals surface area contributed by atoms with E-state index in [0.717, 1.165) is 18.7 Å². The van der Waals surface area contributed by atoms with Crippen molar-refractivity contribution >= 4 is 5.97 Å². The Morgan fingerprint density at radius 1 is 0.917 bits per heavy atom. The zero-order valence-electron chi connectivity index (χ0n) is 14.1. The number of carbonyl (C=O) groups is 1. The van der Waals surface area contributed by atoms with E-state index in [1.165, 1.54) is 24.8 Å². The van der Waals surface area contributed by atoms with Gasteiger partial charge in [0, 0.05) is 6.04 Å². The monoisotopic (exact) mass is 323 g/mol. The van der Waals surface area contributed by atoms with Gasteiger partial charge in [-0.1, -0.05) is 67.1 Å². The fraction of sp³-hybridized carbons (Fsp3) is 0.381. The van der Waals surface area contributed by atoms with E-state index in [2.05, 4.69) is 17.0 Å². The first-order valence-electron chi connectivity index (χ1n) is 8.81. The van der Waals surface area contributed by atoms with Gasteiger partial charge < -0.3 is 4.74 Å². The van der Waals surface area contributed by atoms with Crippen LogP contribution in [0.15, 0.2) is 60.7 Å². The van der Waals surface area contributed by atoms with Gasteiger partial charge in [0.1, 0.15) is 6.61 Å². The summed E-state index contributed by atoms with van der Waals surface area (Å²) in [6, 6.07) is 20.3. The number of esters is 1. The Kier molecular flexibility index (Phi) is 6.02. The van der Waals surface area contributed by atoms with Gasteiger partial charge in [-0.2, -0.15) is 0 Å². The van der Waals surface area contributed by atoms with Crippen LogP contribution in [0.5, 0.6) is 0 Å². The first-order chi connectivity index (χ1) is 11.8. The summed E-state index contributed by atoms with van der Waals surface area (Å²) >= 11 is 0. The predicted molar refractivity (Wildman–Crippen MR) is 95.5 cm³/mol. The maximum absolute atomic E-state index is 12.4. The molecule has 1 saturated heterocycles. The first kappa shape index (κ1) is 16.7. The maximum atomic E-state index is 12.4.